The van der Waals surface area contributed by atoms with Gasteiger partial charge in [-0.25, -0.2) is 4.39 Å². The van der Waals surface area contributed by atoms with E-state index in [1.165, 1.54) is 31.4 Å². The van der Waals surface area contributed by atoms with Crippen LogP contribution >= 0.6 is 50.7 Å². The van der Waals surface area contributed by atoms with E-state index in [9.17, 15) is 19.2 Å². The van der Waals surface area contributed by atoms with Gasteiger partial charge in [0.2, 0.25) is 5.91 Å². The van der Waals surface area contributed by atoms with Crippen molar-refractivity contribution in [3.05, 3.63) is 56.8 Å². The summed E-state index contributed by atoms with van der Waals surface area (Å²) in [5.74, 6) is -3.11. The number of carbonyl (C=O) groups is 2. The predicted molar refractivity (Wildman–Crippen MR) is 126 cm³/mol. The van der Waals surface area contributed by atoms with Gasteiger partial charge in [0.05, 0.1) is 34.2 Å². The lowest BCUT2D eigenvalue weighted by Gasteiger charge is -2.12. The molecule has 0 bridgehead atoms. The summed E-state index contributed by atoms with van der Waals surface area (Å²) < 4.78 is 18.2. The lowest BCUT2D eigenvalue weighted by Crippen LogP contribution is -2.35. The second-order valence-corrected chi connectivity index (χ2v) is 10.7. The van der Waals surface area contributed by atoms with Crippen molar-refractivity contribution in [1.82, 2.24) is 5.32 Å². The average molecular weight is 576 g/mol. The van der Waals surface area contributed by atoms with Gasteiger partial charge in [-0.05, 0) is 64.7 Å². The molecule has 0 heterocycles. The van der Waals surface area contributed by atoms with Crippen LogP contribution in [0.25, 0.3) is 0 Å². The van der Waals surface area contributed by atoms with Gasteiger partial charge < -0.3 is 15.4 Å². The van der Waals surface area contributed by atoms with Crippen LogP contribution in [-0.2, 0) is 4.79 Å². The Labute approximate surface area is 212 Å². The van der Waals surface area contributed by atoms with Gasteiger partial charge in [0.15, 0.2) is 11.6 Å². The van der Waals surface area contributed by atoms with Crippen LogP contribution in [0.3, 0.4) is 0 Å². The Hall–Kier alpha value is -2.05. The Morgan fingerprint density at radius 3 is 2.55 bits per heavy atom. The predicted octanol–water partition coefficient (Wildman–Crippen LogP) is 5.56. The molecule has 2 saturated carbocycles. The molecule has 172 valence electrons. The van der Waals surface area contributed by atoms with Crippen LogP contribution in [0.5, 0.6) is 5.75 Å². The van der Waals surface area contributed by atoms with Gasteiger partial charge in [-0.2, -0.15) is 5.26 Å². The molecular formula is C22H16BrCl3FN3O3. The molecule has 0 saturated heterocycles. The highest BCUT2D eigenvalue weighted by molar-refractivity contribution is 9.10. The number of hydrogen-bond donors (Lipinski definition) is 2. The maximum absolute atomic E-state index is 14.3. The molecule has 0 aliphatic heterocycles. The first kappa shape index (κ1) is 24.1. The molecule has 2 aromatic carbocycles. The van der Waals surface area contributed by atoms with Crippen molar-refractivity contribution in [2.45, 2.75) is 28.6 Å². The van der Waals surface area contributed by atoms with Gasteiger partial charge in [0.25, 0.3) is 5.91 Å². The van der Waals surface area contributed by atoms with Crippen molar-refractivity contribution < 1.29 is 18.7 Å². The molecule has 2 unspecified atom stereocenters. The van der Waals surface area contributed by atoms with Crippen LogP contribution in [0.2, 0.25) is 5.02 Å². The van der Waals surface area contributed by atoms with Gasteiger partial charge in [-0.15, -0.1) is 23.2 Å². The normalized spacial score (nSPS) is 21.5. The SMILES string of the molecule is COc1c(F)cc(C2C(C(=O)Nc3ccc(Cl)c(C(=O)NC4(C#N)CC4)c3)C2(Cl)Cl)cc1Br. The van der Waals surface area contributed by atoms with Gasteiger partial charge in [0.1, 0.15) is 9.87 Å². The number of halogens is 5. The highest BCUT2D eigenvalue weighted by atomic mass is 79.9. The second-order valence-electron chi connectivity index (χ2n) is 7.98. The minimum atomic E-state index is -1.44. The zero-order valence-electron chi connectivity index (χ0n) is 17.0. The van der Waals surface area contributed by atoms with Crippen molar-refractivity contribution in [3.63, 3.8) is 0 Å². The fourth-order valence-electron chi connectivity index (χ4n) is 3.69. The number of rotatable bonds is 6. The van der Waals surface area contributed by atoms with Crippen molar-refractivity contribution in [3.8, 4) is 11.8 Å². The summed E-state index contributed by atoms with van der Waals surface area (Å²) in [6, 6.07) is 9.31. The molecule has 33 heavy (non-hydrogen) atoms. The summed E-state index contributed by atoms with van der Waals surface area (Å²) in [6.45, 7) is 0. The number of carbonyl (C=O) groups excluding carboxylic acids is 2. The molecule has 0 aromatic heterocycles. The van der Waals surface area contributed by atoms with Crippen LogP contribution in [0.4, 0.5) is 10.1 Å². The number of ether oxygens (including phenoxy) is 1. The Kier molecular flexibility index (Phi) is 6.29. The van der Waals surface area contributed by atoms with Crippen LogP contribution in [0, 0.1) is 23.1 Å². The van der Waals surface area contributed by atoms with E-state index in [-0.39, 0.29) is 16.3 Å². The monoisotopic (exact) mass is 573 g/mol. The van der Waals surface area contributed by atoms with Crippen LogP contribution < -0.4 is 15.4 Å². The summed E-state index contributed by atoms with van der Waals surface area (Å²) >= 11 is 22.1. The number of methoxy groups -OCH3 is 1. The van der Waals surface area contributed by atoms with Crippen LogP contribution in [0.1, 0.15) is 34.7 Å². The van der Waals surface area contributed by atoms with Crippen molar-refractivity contribution in [2.75, 3.05) is 12.4 Å². The van der Waals surface area contributed by atoms with Gasteiger partial charge in [-0.1, -0.05) is 11.6 Å². The van der Waals surface area contributed by atoms with E-state index in [1.807, 2.05) is 0 Å². The third-order valence-electron chi connectivity index (χ3n) is 5.72. The molecule has 2 fully saturated rings. The number of nitrogens with one attached hydrogen (secondary N) is 2. The Morgan fingerprint density at radius 1 is 1.27 bits per heavy atom. The van der Waals surface area contributed by atoms with E-state index < -0.39 is 39.3 Å². The van der Waals surface area contributed by atoms with Crippen LogP contribution in [0.15, 0.2) is 34.8 Å². The molecular weight excluding hydrogens is 560 g/mol. The minimum Gasteiger partial charge on any atom is -0.492 e. The molecule has 2 atom stereocenters. The number of benzene rings is 2. The summed E-state index contributed by atoms with van der Waals surface area (Å²) in [6.07, 6.45) is 1.14. The molecule has 0 radical (unpaired) electrons. The van der Waals surface area contributed by atoms with Gasteiger partial charge >= 0.3 is 0 Å². The molecule has 4 rings (SSSR count). The molecule has 2 aliphatic rings. The molecule has 0 spiro atoms. The van der Waals surface area contributed by atoms with Gasteiger partial charge in [0, 0.05) is 11.6 Å². The fraction of sp³-hybridized carbons (Fsp3) is 0.318. The number of hydrogen-bond acceptors (Lipinski definition) is 4. The number of nitriles is 1. The summed E-state index contributed by atoms with van der Waals surface area (Å²) in [5.41, 5.74) is -0.00638. The topological polar surface area (TPSA) is 91.2 Å². The summed E-state index contributed by atoms with van der Waals surface area (Å²) in [7, 11) is 1.34. The molecule has 2 aliphatic carbocycles. The standard InChI is InChI=1S/C22H16BrCl3FN3O3/c1-33-18-13(23)6-10(7-15(18)27)16-17(22(16,25)26)20(32)29-11-2-3-14(24)12(8-11)19(31)30-21(9-28)4-5-21/h2-3,6-8,16-17H,4-5H2,1H3,(H,29,32)(H,30,31). The van der Waals surface area contributed by atoms with Gasteiger partial charge in [-0.3, -0.25) is 9.59 Å². The zero-order valence-corrected chi connectivity index (χ0v) is 20.9. The molecule has 2 aromatic rings. The Bertz CT molecular complexity index is 1190. The number of nitrogens with zero attached hydrogens (tertiary/aromatic N) is 1. The molecule has 11 heteroatoms. The van der Waals surface area contributed by atoms with E-state index in [4.69, 9.17) is 39.5 Å². The summed E-state index contributed by atoms with van der Waals surface area (Å²) in [4.78, 5) is 25.5. The summed E-state index contributed by atoms with van der Waals surface area (Å²) in [5, 5.41) is 14.7. The zero-order chi connectivity index (χ0) is 24.1. The lowest BCUT2D eigenvalue weighted by atomic mass is 10.1. The van der Waals surface area contributed by atoms with E-state index in [0.29, 0.717) is 28.6 Å². The molecule has 2 N–H and O–H groups in total. The largest absolute Gasteiger partial charge is 0.492 e. The van der Waals surface area contributed by atoms with E-state index in [0.717, 1.165) is 0 Å². The van der Waals surface area contributed by atoms with E-state index >= 15 is 0 Å². The maximum atomic E-state index is 14.3. The highest BCUT2D eigenvalue weighted by Crippen LogP contribution is 2.65. The quantitative estimate of drug-likeness (QED) is 0.441. The fourth-order valence-corrected chi connectivity index (χ4v) is 5.34. The van der Waals surface area contributed by atoms with E-state index in [2.05, 4.69) is 32.6 Å². The van der Waals surface area contributed by atoms with Crippen molar-refractivity contribution in [2.24, 2.45) is 5.92 Å². The highest BCUT2D eigenvalue weighted by Gasteiger charge is 2.67. The lowest BCUT2D eigenvalue weighted by molar-refractivity contribution is -0.117. The number of anilines is 1. The first-order chi connectivity index (χ1) is 15.5. The maximum Gasteiger partial charge on any atom is 0.254 e. The van der Waals surface area contributed by atoms with Crippen LogP contribution in [-0.4, -0.2) is 28.8 Å². The third kappa shape index (κ3) is 4.52. The smallest absolute Gasteiger partial charge is 0.254 e. The third-order valence-corrected chi connectivity index (χ3v) is 7.57. The molecule has 6 nitrogen and oxygen atoms in total. The van der Waals surface area contributed by atoms with E-state index in [1.54, 1.807) is 6.07 Å². The van der Waals surface area contributed by atoms with Crippen molar-refractivity contribution >= 4 is 68.2 Å². The minimum absolute atomic E-state index is 0.0338. The van der Waals surface area contributed by atoms with Crippen molar-refractivity contribution in [1.29, 1.82) is 5.26 Å². The Morgan fingerprint density at radius 2 is 1.97 bits per heavy atom. The number of amides is 2. The first-order valence-corrected chi connectivity index (χ1v) is 11.7. The average Bonchev–Trinajstić information content (AvgIpc) is 3.64. The molecule has 2 amide bonds. The number of alkyl halides is 2. The Balaban J connectivity index is 1.52. The first-order valence-electron chi connectivity index (χ1n) is 9.78. The second kappa shape index (κ2) is 8.62.